The van der Waals surface area contributed by atoms with Gasteiger partial charge in [-0.05, 0) is 37.5 Å². The van der Waals surface area contributed by atoms with Crippen molar-refractivity contribution in [2.24, 2.45) is 0 Å². The summed E-state index contributed by atoms with van der Waals surface area (Å²) < 4.78 is 10.5. The third-order valence-electron chi connectivity index (χ3n) is 4.02. The van der Waals surface area contributed by atoms with Gasteiger partial charge in [-0.2, -0.15) is 0 Å². The molecular weight excluding hydrogens is 336 g/mol. The van der Waals surface area contributed by atoms with Crippen molar-refractivity contribution in [3.8, 4) is 11.5 Å². The number of carbonyl (C=O) groups excluding carboxylic acids is 2. The highest BCUT2D eigenvalue weighted by Gasteiger charge is 2.33. The zero-order valence-electron chi connectivity index (χ0n) is 15.2. The van der Waals surface area contributed by atoms with Crippen LogP contribution in [0.3, 0.4) is 0 Å². The lowest BCUT2D eigenvalue weighted by atomic mass is 9.93. The first kappa shape index (κ1) is 19.4. The molecule has 3 N–H and O–H groups in total. The normalized spacial score (nSPS) is 16.6. The van der Waals surface area contributed by atoms with Crippen LogP contribution in [0.25, 0.3) is 0 Å². The number of nitrogens with one attached hydrogen (secondary N) is 2. The molecule has 0 aliphatic carbocycles. The highest BCUT2D eigenvalue weighted by molar-refractivity contribution is 5.95. The molecule has 1 unspecified atom stereocenters. The number of phenols is 1. The molecule has 0 radical (unpaired) electrons. The van der Waals surface area contributed by atoms with Crippen molar-refractivity contribution in [1.82, 2.24) is 10.6 Å². The van der Waals surface area contributed by atoms with E-state index in [-0.39, 0.29) is 18.1 Å². The largest absolute Gasteiger partial charge is 0.504 e. The molecule has 0 saturated heterocycles. The first-order chi connectivity index (χ1) is 12.4. The molecule has 1 atom stereocenters. The zero-order valence-corrected chi connectivity index (χ0v) is 15.2. The molecule has 0 aromatic heterocycles. The van der Waals surface area contributed by atoms with E-state index >= 15 is 0 Å². The molecule has 1 aromatic rings. The molecule has 0 spiro atoms. The molecule has 1 aliphatic rings. The molecular formula is C19H24N2O5. The van der Waals surface area contributed by atoms with Gasteiger partial charge in [-0.3, -0.25) is 0 Å². The summed E-state index contributed by atoms with van der Waals surface area (Å²) in [6.07, 6.45) is 2.75. The molecule has 1 aromatic carbocycles. The van der Waals surface area contributed by atoms with E-state index in [0.29, 0.717) is 35.2 Å². The average Bonchev–Trinajstić information content (AvgIpc) is 2.60. The second kappa shape index (κ2) is 8.42. The van der Waals surface area contributed by atoms with Gasteiger partial charge in [0.2, 0.25) is 0 Å². The van der Waals surface area contributed by atoms with E-state index in [4.69, 9.17) is 9.47 Å². The minimum atomic E-state index is -0.717. The Hall–Kier alpha value is -2.96. The van der Waals surface area contributed by atoms with Gasteiger partial charge in [0.1, 0.15) is 0 Å². The summed E-state index contributed by atoms with van der Waals surface area (Å²) in [4.78, 5) is 24.5. The van der Waals surface area contributed by atoms with Crippen molar-refractivity contribution in [2.45, 2.75) is 32.7 Å². The minimum absolute atomic E-state index is 0.00669. The lowest BCUT2D eigenvalue weighted by Crippen LogP contribution is -2.45. The molecule has 1 heterocycles. The molecule has 1 aliphatic heterocycles. The van der Waals surface area contributed by atoms with Gasteiger partial charge in [-0.25, -0.2) is 9.59 Å². The van der Waals surface area contributed by atoms with Gasteiger partial charge in [0.15, 0.2) is 11.5 Å². The number of amides is 2. The molecule has 7 heteroatoms. The Morgan fingerprint density at radius 2 is 2.15 bits per heavy atom. The van der Waals surface area contributed by atoms with Crippen molar-refractivity contribution in [2.75, 3.05) is 13.7 Å². The van der Waals surface area contributed by atoms with Crippen LogP contribution < -0.4 is 15.4 Å². The van der Waals surface area contributed by atoms with Gasteiger partial charge in [0, 0.05) is 11.3 Å². The van der Waals surface area contributed by atoms with Crippen LogP contribution in [0, 0.1) is 0 Å². The van der Waals surface area contributed by atoms with Crippen molar-refractivity contribution < 1.29 is 24.2 Å². The van der Waals surface area contributed by atoms with Crippen LogP contribution >= 0.6 is 0 Å². The number of hydrogen-bond acceptors (Lipinski definition) is 5. The number of allylic oxidation sites excluding steroid dienone is 2. The fourth-order valence-corrected chi connectivity index (χ4v) is 2.81. The fraction of sp³-hybridized carbons (Fsp3) is 0.368. The van der Waals surface area contributed by atoms with Gasteiger partial charge in [-0.15, -0.1) is 6.58 Å². The van der Waals surface area contributed by atoms with Crippen molar-refractivity contribution in [3.63, 3.8) is 0 Å². The first-order valence-corrected chi connectivity index (χ1v) is 8.38. The Morgan fingerprint density at radius 3 is 2.77 bits per heavy atom. The molecule has 0 bridgehead atoms. The number of phenolic OH excluding ortho intramolecular Hbond substituents is 1. The van der Waals surface area contributed by atoms with E-state index in [1.807, 2.05) is 6.92 Å². The van der Waals surface area contributed by atoms with Crippen LogP contribution in [-0.4, -0.2) is 30.8 Å². The Bertz CT molecular complexity index is 755. The van der Waals surface area contributed by atoms with E-state index in [1.165, 1.54) is 7.11 Å². The predicted molar refractivity (Wildman–Crippen MR) is 96.9 cm³/mol. The lowest BCUT2D eigenvalue weighted by Gasteiger charge is -2.28. The minimum Gasteiger partial charge on any atom is -0.504 e. The molecule has 0 fully saturated rings. The number of carbonyl (C=O) groups is 2. The van der Waals surface area contributed by atoms with Gasteiger partial charge >= 0.3 is 12.0 Å². The summed E-state index contributed by atoms with van der Waals surface area (Å²) in [6, 6.07) is 2.18. The Labute approximate surface area is 152 Å². The third kappa shape index (κ3) is 3.99. The van der Waals surface area contributed by atoms with Crippen molar-refractivity contribution in [1.29, 1.82) is 0 Å². The van der Waals surface area contributed by atoms with Crippen LogP contribution in [0.4, 0.5) is 4.79 Å². The van der Waals surface area contributed by atoms with Gasteiger partial charge < -0.3 is 25.2 Å². The summed E-state index contributed by atoms with van der Waals surface area (Å²) in [5, 5.41) is 15.6. The number of aromatic hydroxyl groups is 1. The smallest absolute Gasteiger partial charge is 0.338 e. The van der Waals surface area contributed by atoms with Crippen LogP contribution in [0.5, 0.6) is 11.5 Å². The fourth-order valence-electron chi connectivity index (χ4n) is 2.81. The van der Waals surface area contributed by atoms with E-state index < -0.39 is 18.0 Å². The molecule has 0 saturated carbocycles. The maximum absolute atomic E-state index is 12.5. The summed E-state index contributed by atoms with van der Waals surface area (Å²) in [6.45, 7) is 7.52. The van der Waals surface area contributed by atoms with Crippen LogP contribution in [0.2, 0.25) is 0 Å². The summed E-state index contributed by atoms with van der Waals surface area (Å²) >= 11 is 0. The maximum Gasteiger partial charge on any atom is 0.338 e. The Kier molecular flexibility index (Phi) is 6.27. The van der Waals surface area contributed by atoms with Gasteiger partial charge in [0.05, 0.1) is 25.3 Å². The topological polar surface area (TPSA) is 96.9 Å². The number of methoxy groups -OCH3 is 1. The second-order valence-corrected chi connectivity index (χ2v) is 5.93. The van der Waals surface area contributed by atoms with Crippen LogP contribution in [0.1, 0.15) is 37.4 Å². The third-order valence-corrected chi connectivity index (χ3v) is 4.02. The van der Waals surface area contributed by atoms with E-state index in [9.17, 15) is 14.7 Å². The van der Waals surface area contributed by atoms with Gasteiger partial charge in [0.25, 0.3) is 0 Å². The summed E-state index contributed by atoms with van der Waals surface area (Å²) in [5.41, 5.74) is 1.93. The number of hydrogen-bond donors (Lipinski definition) is 3. The monoisotopic (exact) mass is 360 g/mol. The summed E-state index contributed by atoms with van der Waals surface area (Å²) in [5.74, 6) is -0.238. The standard InChI is InChI=1S/C19H24N2O5/c1-5-7-12-9-13(10-14(25-4)17(12)22)16-15(18(23)26-8-6-2)11(3)20-19(24)21-16/h5,9-10,16,22H,1,6-8H2,2-4H3,(H2,20,21,24). The first-order valence-electron chi connectivity index (χ1n) is 8.38. The number of benzene rings is 1. The quantitative estimate of drug-likeness (QED) is 0.513. The van der Waals surface area contributed by atoms with Crippen LogP contribution in [0.15, 0.2) is 36.1 Å². The van der Waals surface area contributed by atoms with Crippen molar-refractivity contribution in [3.05, 3.63) is 47.2 Å². The Morgan fingerprint density at radius 1 is 1.42 bits per heavy atom. The Balaban J connectivity index is 2.53. The molecule has 26 heavy (non-hydrogen) atoms. The highest BCUT2D eigenvalue weighted by Crippen LogP contribution is 2.37. The van der Waals surface area contributed by atoms with E-state index in [0.717, 1.165) is 0 Å². The second-order valence-electron chi connectivity index (χ2n) is 5.93. The lowest BCUT2D eigenvalue weighted by molar-refractivity contribution is -0.139. The molecule has 7 nitrogen and oxygen atoms in total. The van der Waals surface area contributed by atoms with Gasteiger partial charge in [-0.1, -0.05) is 13.0 Å². The van der Waals surface area contributed by atoms with Crippen LogP contribution in [-0.2, 0) is 16.0 Å². The van der Waals surface area contributed by atoms with E-state index in [2.05, 4.69) is 17.2 Å². The highest BCUT2D eigenvalue weighted by atomic mass is 16.5. The SMILES string of the molecule is C=CCc1cc(C2NC(=O)NC(C)=C2C(=O)OCCC)cc(OC)c1O. The van der Waals surface area contributed by atoms with Crippen molar-refractivity contribution >= 4 is 12.0 Å². The maximum atomic E-state index is 12.5. The number of esters is 1. The number of urea groups is 1. The molecule has 2 rings (SSSR count). The number of rotatable bonds is 7. The zero-order chi connectivity index (χ0) is 19.3. The summed E-state index contributed by atoms with van der Waals surface area (Å²) in [7, 11) is 1.44. The predicted octanol–water partition coefficient (Wildman–Crippen LogP) is 2.71. The number of ether oxygens (including phenoxy) is 2. The van der Waals surface area contributed by atoms with E-state index in [1.54, 1.807) is 25.1 Å². The molecule has 2 amide bonds. The molecule has 140 valence electrons. The average molecular weight is 360 g/mol.